The van der Waals surface area contributed by atoms with Gasteiger partial charge in [0.1, 0.15) is 5.75 Å². The van der Waals surface area contributed by atoms with Gasteiger partial charge < -0.3 is 15.4 Å². The first-order valence-corrected chi connectivity index (χ1v) is 7.63. The van der Waals surface area contributed by atoms with E-state index in [0.29, 0.717) is 11.4 Å². The number of carbonyl (C=O) groups is 1. The summed E-state index contributed by atoms with van der Waals surface area (Å²) in [4.78, 5) is 12.3. The number of amides is 2. The Morgan fingerprint density at radius 2 is 1.58 bits per heavy atom. The first-order chi connectivity index (χ1) is 11.8. The molecule has 0 saturated heterocycles. The summed E-state index contributed by atoms with van der Waals surface area (Å²) in [7, 11) is 1.59. The number of ether oxygens (including phenoxy) is 1. The molecule has 0 aliphatic heterocycles. The van der Waals surface area contributed by atoms with Crippen molar-refractivity contribution in [1.82, 2.24) is 0 Å². The van der Waals surface area contributed by atoms with Crippen LogP contribution in [0, 0.1) is 0 Å². The molecule has 120 valence electrons. The molecule has 0 saturated carbocycles. The molecule has 0 aromatic heterocycles. The normalized spacial score (nSPS) is 10.0. The molecule has 0 fully saturated rings. The summed E-state index contributed by atoms with van der Waals surface area (Å²) in [5.41, 5.74) is 3.45. The van der Waals surface area contributed by atoms with E-state index in [0.717, 1.165) is 16.8 Å². The molecule has 0 aliphatic rings. The van der Waals surface area contributed by atoms with Crippen molar-refractivity contribution in [2.75, 3.05) is 17.7 Å². The summed E-state index contributed by atoms with van der Waals surface area (Å²) in [5, 5.41) is 5.72. The fourth-order valence-corrected chi connectivity index (χ4v) is 2.45. The number of rotatable bonds is 4. The number of benzene rings is 3. The van der Waals surface area contributed by atoms with Crippen LogP contribution in [0.25, 0.3) is 11.1 Å². The van der Waals surface area contributed by atoms with Gasteiger partial charge in [-0.2, -0.15) is 0 Å². The van der Waals surface area contributed by atoms with Gasteiger partial charge in [-0.05, 0) is 23.8 Å². The Labute approximate surface area is 141 Å². The summed E-state index contributed by atoms with van der Waals surface area (Å²) in [6.45, 7) is 0. The number of anilines is 2. The SMILES string of the molecule is COc1cccc(NC(=O)Nc2ccccc2-c2ccccc2)c1. The van der Waals surface area contributed by atoms with E-state index < -0.39 is 0 Å². The maximum atomic E-state index is 12.3. The van der Waals surface area contributed by atoms with Crippen LogP contribution < -0.4 is 15.4 Å². The van der Waals surface area contributed by atoms with Gasteiger partial charge in [0.25, 0.3) is 0 Å². The third kappa shape index (κ3) is 3.73. The number of urea groups is 1. The van der Waals surface area contributed by atoms with Crippen LogP contribution in [0.4, 0.5) is 16.2 Å². The van der Waals surface area contributed by atoms with Crippen molar-refractivity contribution in [3.63, 3.8) is 0 Å². The number of hydrogen-bond acceptors (Lipinski definition) is 2. The minimum Gasteiger partial charge on any atom is -0.497 e. The van der Waals surface area contributed by atoms with Gasteiger partial charge in [-0.3, -0.25) is 0 Å². The molecule has 4 nitrogen and oxygen atoms in total. The Morgan fingerprint density at radius 1 is 0.833 bits per heavy atom. The molecule has 0 atom stereocenters. The Bertz CT molecular complexity index is 832. The monoisotopic (exact) mass is 318 g/mol. The maximum absolute atomic E-state index is 12.3. The average Bonchev–Trinajstić information content (AvgIpc) is 2.63. The summed E-state index contributed by atoms with van der Waals surface area (Å²) in [6.07, 6.45) is 0. The van der Waals surface area contributed by atoms with Crippen LogP contribution in [0.5, 0.6) is 5.75 Å². The van der Waals surface area contributed by atoms with Gasteiger partial charge in [-0.25, -0.2) is 4.79 Å². The molecule has 0 aliphatic carbocycles. The zero-order valence-electron chi connectivity index (χ0n) is 13.3. The number of nitrogens with one attached hydrogen (secondary N) is 2. The fraction of sp³-hybridized carbons (Fsp3) is 0.0500. The van der Waals surface area contributed by atoms with Gasteiger partial charge in [-0.1, -0.05) is 54.6 Å². The standard InChI is InChI=1S/C20H18N2O2/c1-24-17-11-7-10-16(14-17)21-20(23)22-19-13-6-5-12-18(19)15-8-3-2-4-9-15/h2-14H,1H3,(H2,21,22,23). The lowest BCUT2D eigenvalue weighted by molar-refractivity contribution is 0.262. The van der Waals surface area contributed by atoms with Crippen molar-refractivity contribution < 1.29 is 9.53 Å². The molecule has 0 radical (unpaired) electrons. The van der Waals surface area contributed by atoms with Gasteiger partial charge >= 0.3 is 6.03 Å². The van der Waals surface area contributed by atoms with Crippen LogP contribution in [-0.2, 0) is 0 Å². The van der Waals surface area contributed by atoms with E-state index in [1.54, 1.807) is 13.2 Å². The van der Waals surface area contributed by atoms with E-state index >= 15 is 0 Å². The predicted molar refractivity (Wildman–Crippen MR) is 97.5 cm³/mol. The van der Waals surface area contributed by atoms with E-state index in [2.05, 4.69) is 10.6 Å². The minimum absolute atomic E-state index is 0.299. The van der Waals surface area contributed by atoms with Gasteiger partial charge in [0.05, 0.1) is 12.8 Å². The van der Waals surface area contributed by atoms with Crippen molar-refractivity contribution in [1.29, 1.82) is 0 Å². The molecule has 0 spiro atoms. The molecule has 4 heteroatoms. The second-order valence-electron chi connectivity index (χ2n) is 5.22. The highest BCUT2D eigenvalue weighted by atomic mass is 16.5. The van der Waals surface area contributed by atoms with E-state index in [-0.39, 0.29) is 6.03 Å². The third-order valence-electron chi connectivity index (χ3n) is 3.59. The van der Waals surface area contributed by atoms with Crippen molar-refractivity contribution in [2.45, 2.75) is 0 Å². The largest absolute Gasteiger partial charge is 0.497 e. The number of para-hydroxylation sites is 1. The second-order valence-corrected chi connectivity index (χ2v) is 5.22. The second kappa shape index (κ2) is 7.33. The zero-order valence-corrected chi connectivity index (χ0v) is 13.3. The number of methoxy groups -OCH3 is 1. The van der Waals surface area contributed by atoms with Gasteiger partial charge in [0.2, 0.25) is 0 Å². The summed E-state index contributed by atoms with van der Waals surface area (Å²) >= 11 is 0. The van der Waals surface area contributed by atoms with Gasteiger partial charge in [0, 0.05) is 17.3 Å². The lowest BCUT2D eigenvalue weighted by atomic mass is 10.0. The fourth-order valence-electron chi connectivity index (χ4n) is 2.45. The van der Waals surface area contributed by atoms with E-state index in [1.165, 1.54) is 0 Å². The Kier molecular flexibility index (Phi) is 4.77. The molecule has 0 unspecified atom stereocenters. The molecule has 3 aromatic carbocycles. The topological polar surface area (TPSA) is 50.4 Å². The first-order valence-electron chi connectivity index (χ1n) is 7.63. The van der Waals surface area contributed by atoms with Crippen LogP contribution in [0.1, 0.15) is 0 Å². The van der Waals surface area contributed by atoms with Crippen molar-refractivity contribution in [3.8, 4) is 16.9 Å². The zero-order chi connectivity index (χ0) is 16.8. The van der Waals surface area contributed by atoms with E-state index in [9.17, 15) is 4.79 Å². The lowest BCUT2D eigenvalue weighted by Gasteiger charge is -2.12. The molecule has 2 amide bonds. The molecule has 0 bridgehead atoms. The predicted octanol–water partition coefficient (Wildman–Crippen LogP) is 5.01. The first kappa shape index (κ1) is 15.6. The van der Waals surface area contributed by atoms with Crippen molar-refractivity contribution in [3.05, 3.63) is 78.9 Å². The van der Waals surface area contributed by atoms with Crippen molar-refractivity contribution in [2.24, 2.45) is 0 Å². The minimum atomic E-state index is -0.299. The van der Waals surface area contributed by atoms with Crippen LogP contribution in [0.2, 0.25) is 0 Å². The molecule has 3 rings (SSSR count). The Balaban J connectivity index is 1.77. The average molecular weight is 318 g/mol. The number of carbonyl (C=O) groups excluding carboxylic acids is 1. The molecular formula is C20H18N2O2. The molecule has 3 aromatic rings. The third-order valence-corrected chi connectivity index (χ3v) is 3.59. The highest BCUT2D eigenvalue weighted by molar-refractivity contribution is 6.02. The lowest BCUT2D eigenvalue weighted by Crippen LogP contribution is -2.19. The van der Waals surface area contributed by atoms with Crippen molar-refractivity contribution >= 4 is 17.4 Å². The van der Waals surface area contributed by atoms with Crippen LogP contribution in [0.15, 0.2) is 78.9 Å². The highest BCUT2D eigenvalue weighted by Gasteiger charge is 2.08. The maximum Gasteiger partial charge on any atom is 0.323 e. The summed E-state index contributed by atoms with van der Waals surface area (Å²) in [6, 6.07) is 24.6. The van der Waals surface area contributed by atoms with Crippen LogP contribution in [0.3, 0.4) is 0 Å². The molecule has 0 heterocycles. The quantitative estimate of drug-likeness (QED) is 0.710. The highest BCUT2D eigenvalue weighted by Crippen LogP contribution is 2.27. The molecule has 24 heavy (non-hydrogen) atoms. The van der Waals surface area contributed by atoms with E-state index in [1.807, 2.05) is 72.8 Å². The van der Waals surface area contributed by atoms with Gasteiger partial charge in [0.15, 0.2) is 0 Å². The Morgan fingerprint density at radius 3 is 2.38 bits per heavy atom. The van der Waals surface area contributed by atoms with Crippen LogP contribution >= 0.6 is 0 Å². The van der Waals surface area contributed by atoms with Crippen LogP contribution in [-0.4, -0.2) is 13.1 Å². The van der Waals surface area contributed by atoms with E-state index in [4.69, 9.17) is 4.74 Å². The molecular weight excluding hydrogens is 300 g/mol. The Hall–Kier alpha value is -3.27. The summed E-state index contributed by atoms with van der Waals surface area (Å²) < 4.78 is 5.16. The number of hydrogen-bond donors (Lipinski definition) is 2. The molecule has 2 N–H and O–H groups in total. The smallest absolute Gasteiger partial charge is 0.323 e. The van der Waals surface area contributed by atoms with Gasteiger partial charge in [-0.15, -0.1) is 0 Å². The summed E-state index contributed by atoms with van der Waals surface area (Å²) in [5.74, 6) is 0.692.